The van der Waals surface area contributed by atoms with Crippen molar-refractivity contribution in [2.45, 2.75) is 6.92 Å². The predicted octanol–water partition coefficient (Wildman–Crippen LogP) is 4.10. The first kappa shape index (κ1) is 15.1. The number of carbonyl (C=O) groups excluding carboxylic acids is 1. The number of benzene rings is 3. The normalized spacial score (nSPS) is 10.9. The van der Waals surface area contributed by atoms with Gasteiger partial charge in [0.1, 0.15) is 0 Å². The highest BCUT2D eigenvalue weighted by Gasteiger charge is 2.11. The van der Waals surface area contributed by atoms with E-state index in [0.29, 0.717) is 5.56 Å². The van der Waals surface area contributed by atoms with Crippen LogP contribution in [-0.2, 0) is 0 Å². The minimum absolute atomic E-state index is 0.432. The first-order valence-corrected chi connectivity index (χ1v) is 8.08. The molecular weight excluding hydrogens is 310 g/mol. The summed E-state index contributed by atoms with van der Waals surface area (Å²) in [6, 6.07) is 23.9. The minimum atomic E-state index is -0.432. The van der Waals surface area contributed by atoms with Gasteiger partial charge in [-0.1, -0.05) is 36.4 Å². The fourth-order valence-corrected chi connectivity index (χ4v) is 3.02. The van der Waals surface area contributed by atoms with Crippen LogP contribution in [0.1, 0.15) is 16.1 Å². The molecular formula is C21H17N3O. The van der Waals surface area contributed by atoms with Gasteiger partial charge in [0, 0.05) is 11.1 Å². The van der Waals surface area contributed by atoms with E-state index in [9.17, 15) is 4.79 Å². The zero-order valence-electron chi connectivity index (χ0n) is 13.8. The predicted molar refractivity (Wildman–Crippen MR) is 99.8 cm³/mol. The number of aryl methyl sites for hydroxylation is 1. The second-order valence-electron chi connectivity index (χ2n) is 6.06. The molecule has 0 aliphatic heterocycles. The monoisotopic (exact) mass is 327 g/mol. The van der Waals surface area contributed by atoms with Crippen molar-refractivity contribution in [1.82, 2.24) is 9.78 Å². The Morgan fingerprint density at radius 2 is 1.64 bits per heavy atom. The van der Waals surface area contributed by atoms with Crippen LogP contribution in [0, 0.1) is 6.92 Å². The van der Waals surface area contributed by atoms with Crippen molar-refractivity contribution in [2.75, 3.05) is 0 Å². The minimum Gasteiger partial charge on any atom is -0.366 e. The third-order valence-corrected chi connectivity index (χ3v) is 4.27. The molecule has 0 saturated carbocycles. The topological polar surface area (TPSA) is 60.9 Å². The van der Waals surface area contributed by atoms with Crippen LogP contribution in [0.25, 0.3) is 27.7 Å². The van der Waals surface area contributed by atoms with Crippen molar-refractivity contribution >= 4 is 16.7 Å². The third kappa shape index (κ3) is 2.78. The largest absolute Gasteiger partial charge is 0.366 e. The van der Waals surface area contributed by atoms with Crippen LogP contribution in [0.4, 0.5) is 0 Å². The molecule has 1 amide bonds. The molecule has 0 spiro atoms. The molecule has 3 aromatic carbocycles. The highest BCUT2D eigenvalue weighted by atomic mass is 16.1. The van der Waals surface area contributed by atoms with Crippen LogP contribution in [0.3, 0.4) is 0 Å². The number of aromatic nitrogens is 2. The molecule has 0 aliphatic rings. The lowest BCUT2D eigenvalue weighted by atomic mass is 10.0. The summed E-state index contributed by atoms with van der Waals surface area (Å²) in [6.07, 6.45) is 0. The van der Waals surface area contributed by atoms with Crippen molar-refractivity contribution < 1.29 is 4.79 Å². The number of primary amides is 1. The molecule has 0 aliphatic carbocycles. The van der Waals surface area contributed by atoms with Crippen LogP contribution in [-0.4, -0.2) is 15.7 Å². The highest BCUT2D eigenvalue weighted by Crippen LogP contribution is 2.27. The lowest BCUT2D eigenvalue weighted by Gasteiger charge is -2.09. The lowest BCUT2D eigenvalue weighted by Crippen LogP contribution is -2.10. The maximum Gasteiger partial charge on any atom is 0.248 e. The smallest absolute Gasteiger partial charge is 0.248 e. The van der Waals surface area contributed by atoms with E-state index in [0.717, 1.165) is 22.6 Å². The van der Waals surface area contributed by atoms with Gasteiger partial charge in [-0.15, -0.1) is 0 Å². The van der Waals surface area contributed by atoms with Crippen molar-refractivity contribution in [2.24, 2.45) is 5.73 Å². The first-order valence-electron chi connectivity index (χ1n) is 8.08. The molecule has 4 rings (SSSR count). The zero-order chi connectivity index (χ0) is 17.4. The number of rotatable bonds is 3. The number of carbonyl (C=O) groups is 1. The van der Waals surface area contributed by atoms with Gasteiger partial charge >= 0.3 is 0 Å². The van der Waals surface area contributed by atoms with Gasteiger partial charge in [0.25, 0.3) is 0 Å². The van der Waals surface area contributed by atoms with Gasteiger partial charge in [-0.3, -0.25) is 4.79 Å². The van der Waals surface area contributed by atoms with Crippen LogP contribution in [0.5, 0.6) is 0 Å². The van der Waals surface area contributed by atoms with E-state index < -0.39 is 5.91 Å². The molecule has 4 aromatic rings. The summed E-state index contributed by atoms with van der Waals surface area (Å²) >= 11 is 0. The average Bonchev–Trinajstić information content (AvgIpc) is 3.03. The molecule has 1 heterocycles. The van der Waals surface area contributed by atoms with Crippen molar-refractivity contribution in [3.8, 4) is 16.9 Å². The van der Waals surface area contributed by atoms with Crippen molar-refractivity contribution in [1.29, 1.82) is 0 Å². The summed E-state index contributed by atoms with van der Waals surface area (Å²) in [4.78, 5) is 11.3. The van der Waals surface area contributed by atoms with Gasteiger partial charge in [0.05, 0.1) is 17.1 Å². The Bertz CT molecular complexity index is 1080. The molecule has 2 N–H and O–H groups in total. The van der Waals surface area contributed by atoms with Crippen LogP contribution >= 0.6 is 0 Å². The van der Waals surface area contributed by atoms with Gasteiger partial charge < -0.3 is 5.73 Å². The summed E-state index contributed by atoms with van der Waals surface area (Å²) in [6.45, 7) is 1.97. The molecule has 4 heteroatoms. The number of hydrogen-bond donors (Lipinski definition) is 1. The summed E-state index contributed by atoms with van der Waals surface area (Å²) in [5.74, 6) is -0.432. The maximum atomic E-state index is 11.3. The van der Waals surface area contributed by atoms with E-state index in [2.05, 4.69) is 41.5 Å². The van der Waals surface area contributed by atoms with Crippen LogP contribution in [0.2, 0.25) is 0 Å². The fourth-order valence-electron chi connectivity index (χ4n) is 3.02. The van der Waals surface area contributed by atoms with Crippen molar-refractivity contribution in [3.63, 3.8) is 0 Å². The quantitative estimate of drug-likeness (QED) is 0.616. The molecule has 0 atom stereocenters. The van der Waals surface area contributed by atoms with E-state index in [4.69, 9.17) is 5.73 Å². The van der Waals surface area contributed by atoms with E-state index in [1.807, 2.05) is 35.9 Å². The zero-order valence-corrected chi connectivity index (χ0v) is 13.8. The van der Waals surface area contributed by atoms with Crippen LogP contribution < -0.4 is 5.73 Å². The van der Waals surface area contributed by atoms with Gasteiger partial charge in [-0.2, -0.15) is 5.10 Å². The van der Waals surface area contributed by atoms with E-state index in [1.165, 1.54) is 10.8 Å². The molecule has 0 radical (unpaired) electrons. The van der Waals surface area contributed by atoms with E-state index in [1.54, 1.807) is 12.1 Å². The van der Waals surface area contributed by atoms with Gasteiger partial charge in [-0.25, -0.2) is 4.68 Å². The summed E-state index contributed by atoms with van der Waals surface area (Å²) in [5, 5.41) is 7.01. The average molecular weight is 327 g/mol. The van der Waals surface area contributed by atoms with E-state index in [-0.39, 0.29) is 0 Å². The summed E-state index contributed by atoms with van der Waals surface area (Å²) in [5.41, 5.74) is 9.73. The van der Waals surface area contributed by atoms with Gasteiger partial charge in [0.2, 0.25) is 5.91 Å². The molecule has 0 bridgehead atoms. The molecule has 4 nitrogen and oxygen atoms in total. The highest BCUT2D eigenvalue weighted by molar-refractivity contribution is 5.93. The second-order valence-corrected chi connectivity index (χ2v) is 6.06. The standard InChI is InChI=1S/C21H17N3O/c1-14-12-20(18-7-6-15-4-2-3-5-17(15)13-18)24(23-14)19-10-8-16(9-11-19)21(22)25/h2-13H,1H3,(H2,22,25). The number of nitrogens with two attached hydrogens (primary N) is 1. The lowest BCUT2D eigenvalue weighted by molar-refractivity contribution is 0.100. The maximum absolute atomic E-state index is 11.3. The number of fused-ring (bicyclic) bond motifs is 1. The number of hydrogen-bond acceptors (Lipinski definition) is 2. The number of amides is 1. The Morgan fingerprint density at radius 3 is 2.36 bits per heavy atom. The van der Waals surface area contributed by atoms with Gasteiger partial charge in [0.15, 0.2) is 0 Å². The third-order valence-electron chi connectivity index (χ3n) is 4.27. The first-order chi connectivity index (χ1) is 12.1. The Hall–Kier alpha value is -3.40. The summed E-state index contributed by atoms with van der Waals surface area (Å²) in [7, 11) is 0. The Balaban J connectivity index is 1.84. The van der Waals surface area contributed by atoms with Gasteiger partial charge in [-0.05, 0) is 54.1 Å². The Labute approximate surface area is 145 Å². The number of nitrogens with zero attached hydrogens (tertiary/aromatic N) is 2. The molecule has 0 unspecified atom stereocenters. The van der Waals surface area contributed by atoms with Crippen LogP contribution in [0.15, 0.2) is 72.8 Å². The van der Waals surface area contributed by atoms with E-state index >= 15 is 0 Å². The Morgan fingerprint density at radius 1 is 0.920 bits per heavy atom. The molecule has 0 fully saturated rings. The fraction of sp³-hybridized carbons (Fsp3) is 0.0476. The van der Waals surface area contributed by atoms with Crippen molar-refractivity contribution in [3.05, 3.63) is 84.1 Å². The Kier molecular flexibility index (Phi) is 3.58. The SMILES string of the molecule is Cc1cc(-c2ccc3ccccc3c2)n(-c2ccc(C(N)=O)cc2)n1. The molecule has 1 aromatic heterocycles. The molecule has 0 saturated heterocycles. The molecule has 122 valence electrons. The molecule has 25 heavy (non-hydrogen) atoms. The summed E-state index contributed by atoms with van der Waals surface area (Å²) < 4.78 is 1.89. The second kappa shape index (κ2) is 5.91.